The summed E-state index contributed by atoms with van der Waals surface area (Å²) >= 11 is 0. The lowest BCUT2D eigenvalue weighted by Crippen LogP contribution is -2.25. The minimum absolute atomic E-state index is 0.183. The van der Waals surface area contributed by atoms with Gasteiger partial charge in [0.25, 0.3) is 0 Å². The summed E-state index contributed by atoms with van der Waals surface area (Å²) in [6.45, 7) is 2.08. The van der Waals surface area contributed by atoms with Crippen LogP contribution in [-0.2, 0) is 11.2 Å². The summed E-state index contributed by atoms with van der Waals surface area (Å²) in [5, 5.41) is 4.28. The number of para-hydroxylation sites is 1. The molecule has 0 radical (unpaired) electrons. The minimum Gasteiger partial charge on any atom is -0.358 e. The van der Waals surface area contributed by atoms with Crippen LogP contribution in [0.2, 0.25) is 0 Å². The van der Waals surface area contributed by atoms with E-state index in [1.807, 2.05) is 12.1 Å². The highest BCUT2D eigenvalue weighted by atomic mass is 16.1. The summed E-state index contributed by atoms with van der Waals surface area (Å²) in [5.74, 6) is 0.183. The molecule has 1 aromatic carbocycles. The summed E-state index contributed by atoms with van der Waals surface area (Å²) in [4.78, 5) is 15.1. The van der Waals surface area contributed by atoms with Crippen LogP contribution in [0.3, 0.4) is 0 Å². The van der Waals surface area contributed by atoms with Gasteiger partial charge in [-0.25, -0.2) is 0 Å². The second-order valence-corrected chi connectivity index (χ2v) is 5.12. The fourth-order valence-corrected chi connectivity index (χ4v) is 2.42. The lowest BCUT2D eigenvalue weighted by molar-refractivity contribution is -0.121. The number of aromatic amines is 1. The van der Waals surface area contributed by atoms with E-state index in [2.05, 4.69) is 29.4 Å². The summed E-state index contributed by atoms with van der Waals surface area (Å²) in [5.41, 5.74) is 3.61. The molecular formula is C15H18N2O. The second-order valence-electron chi connectivity index (χ2n) is 5.12. The average Bonchev–Trinajstić information content (AvgIpc) is 3.09. The Morgan fingerprint density at radius 1 is 1.39 bits per heavy atom. The molecule has 1 aromatic heterocycles. The Morgan fingerprint density at radius 3 is 2.94 bits per heavy atom. The van der Waals surface area contributed by atoms with Gasteiger partial charge in [-0.3, -0.25) is 4.79 Å². The third-order valence-electron chi connectivity index (χ3n) is 3.57. The molecule has 94 valence electrons. The van der Waals surface area contributed by atoms with E-state index in [0.717, 1.165) is 24.8 Å². The molecule has 1 heterocycles. The van der Waals surface area contributed by atoms with Crippen LogP contribution in [0, 0.1) is 6.92 Å². The van der Waals surface area contributed by atoms with Crippen molar-refractivity contribution in [2.45, 2.75) is 38.6 Å². The zero-order valence-corrected chi connectivity index (χ0v) is 10.6. The number of H-pyrrole nitrogens is 1. The minimum atomic E-state index is 0.183. The van der Waals surface area contributed by atoms with Crippen molar-refractivity contribution in [1.82, 2.24) is 10.3 Å². The first-order valence-electron chi connectivity index (χ1n) is 6.59. The first kappa shape index (κ1) is 11.3. The Hall–Kier alpha value is -1.77. The summed E-state index contributed by atoms with van der Waals surface area (Å²) in [7, 11) is 0. The van der Waals surface area contributed by atoms with E-state index in [9.17, 15) is 4.79 Å². The molecule has 3 rings (SSSR count). The van der Waals surface area contributed by atoms with Gasteiger partial charge in [0.2, 0.25) is 5.91 Å². The van der Waals surface area contributed by atoms with Crippen LogP contribution in [0.15, 0.2) is 24.3 Å². The van der Waals surface area contributed by atoms with Crippen molar-refractivity contribution in [2.24, 2.45) is 0 Å². The van der Waals surface area contributed by atoms with Crippen LogP contribution in [0.1, 0.15) is 30.5 Å². The molecule has 1 amide bonds. The van der Waals surface area contributed by atoms with Gasteiger partial charge in [-0.1, -0.05) is 18.2 Å². The van der Waals surface area contributed by atoms with E-state index < -0.39 is 0 Å². The molecular weight excluding hydrogens is 224 g/mol. The Labute approximate surface area is 107 Å². The van der Waals surface area contributed by atoms with E-state index in [-0.39, 0.29) is 5.91 Å². The van der Waals surface area contributed by atoms with Crippen LogP contribution < -0.4 is 5.32 Å². The van der Waals surface area contributed by atoms with Gasteiger partial charge in [0.15, 0.2) is 0 Å². The number of fused-ring (bicyclic) bond motifs is 1. The summed E-state index contributed by atoms with van der Waals surface area (Å²) in [6.07, 6.45) is 3.70. The number of amides is 1. The van der Waals surface area contributed by atoms with Crippen molar-refractivity contribution in [3.05, 3.63) is 35.5 Å². The molecule has 0 spiro atoms. The molecule has 1 saturated carbocycles. The third kappa shape index (κ3) is 2.26. The zero-order valence-electron chi connectivity index (χ0n) is 10.6. The molecule has 1 fully saturated rings. The standard InChI is InChI=1S/C15H18N2O/c1-10-12(8-9-15(18)17-11-6-7-11)13-4-2-3-5-14(13)16-10/h2-5,11,16H,6-9H2,1H3,(H,17,18). The fourth-order valence-electron chi connectivity index (χ4n) is 2.42. The predicted octanol–water partition coefficient (Wildman–Crippen LogP) is 2.69. The highest BCUT2D eigenvalue weighted by molar-refractivity contribution is 5.85. The SMILES string of the molecule is Cc1[nH]c2ccccc2c1CCC(=O)NC1CC1. The lowest BCUT2D eigenvalue weighted by Gasteiger charge is -2.03. The average molecular weight is 242 g/mol. The predicted molar refractivity (Wildman–Crippen MR) is 72.5 cm³/mol. The number of nitrogens with one attached hydrogen (secondary N) is 2. The van der Waals surface area contributed by atoms with Crippen LogP contribution in [-0.4, -0.2) is 16.9 Å². The van der Waals surface area contributed by atoms with E-state index in [0.29, 0.717) is 12.5 Å². The van der Waals surface area contributed by atoms with Gasteiger partial charge in [0.05, 0.1) is 0 Å². The molecule has 0 aliphatic heterocycles. The van der Waals surface area contributed by atoms with Gasteiger partial charge in [0.1, 0.15) is 0 Å². The topological polar surface area (TPSA) is 44.9 Å². The van der Waals surface area contributed by atoms with E-state index in [4.69, 9.17) is 0 Å². The highest BCUT2D eigenvalue weighted by Gasteiger charge is 2.23. The molecule has 18 heavy (non-hydrogen) atoms. The lowest BCUT2D eigenvalue weighted by atomic mass is 10.1. The van der Waals surface area contributed by atoms with Crippen molar-refractivity contribution in [3.8, 4) is 0 Å². The molecule has 0 atom stereocenters. The van der Waals surface area contributed by atoms with Crippen LogP contribution >= 0.6 is 0 Å². The summed E-state index contributed by atoms with van der Waals surface area (Å²) in [6, 6.07) is 8.73. The van der Waals surface area contributed by atoms with Crippen molar-refractivity contribution < 1.29 is 4.79 Å². The molecule has 0 saturated heterocycles. The summed E-state index contributed by atoms with van der Waals surface area (Å²) < 4.78 is 0. The smallest absolute Gasteiger partial charge is 0.220 e. The van der Waals surface area contributed by atoms with E-state index in [1.54, 1.807) is 0 Å². The van der Waals surface area contributed by atoms with Crippen molar-refractivity contribution in [2.75, 3.05) is 0 Å². The maximum absolute atomic E-state index is 11.7. The van der Waals surface area contributed by atoms with E-state index in [1.165, 1.54) is 16.6 Å². The van der Waals surface area contributed by atoms with Gasteiger partial charge in [0, 0.05) is 29.1 Å². The molecule has 1 aliphatic carbocycles. The number of carbonyl (C=O) groups is 1. The van der Waals surface area contributed by atoms with Crippen LogP contribution in [0.25, 0.3) is 10.9 Å². The highest BCUT2D eigenvalue weighted by Crippen LogP contribution is 2.23. The number of rotatable bonds is 4. The normalized spacial score (nSPS) is 14.9. The zero-order chi connectivity index (χ0) is 12.5. The Balaban J connectivity index is 1.73. The van der Waals surface area contributed by atoms with Gasteiger partial charge in [-0.05, 0) is 37.8 Å². The maximum atomic E-state index is 11.7. The number of hydrogen-bond donors (Lipinski definition) is 2. The van der Waals surface area contributed by atoms with E-state index >= 15 is 0 Å². The van der Waals surface area contributed by atoms with Crippen molar-refractivity contribution >= 4 is 16.8 Å². The number of hydrogen-bond acceptors (Lipinski definition) is 1. The molecule has 3 nitrogen and oxygen atoms in total. The first-order chi connectivity index (χ1) is 8.74. The number of benzene rings is 1. The Bertz CT molecular complexity index is 581. The Kier molecular flexibility index (Phi) is 2.82. The van der Waals surface area contributed by atoms with Gasteiger partial charge in [-0.15, -0.1) is 0 Å². The second kappa shape index (κ2) is 4.48. The number of carbonyl (C=O) groups excluding carboxylic acids is 1. The molecule has 0 bridgehead atoms. The van der Waals surface area contributed by atoms with Gasteiger partial charge in [-0.2, -0.15) is 0 Å². The fraction of sp³-hybridized carbons (Fsp3) is 0.400. The maximum Gasteiger partial charge on any atom is 0.220 e. The monoisotopic (exact) mass is 242 g/mol. The van der Waals surface area contributed by atoms with Crippen molar-refractivity contribution in [1.29, 1.82) is 0 Å². The third-order valence-corrected chi connectivity index (χ3v) is 3.57. The Morgan fingerprint density at radius 2 is 2.17 bits per heavy atom. The number of aryl methyl sites for hydroxylation is 2. The van der Waals surface area contributed by atoms with Gasteiger partial charge < -0.3 is 10.3 Å². The van der Waals surface area contributed by atoms with Crippen LogP contribution in [0.4, 0.5) is 0 Å². The molecule has 0 unspecified atom stereocenters. The molecule has 2 N–H and O–H groups in total. The molecule has 1 aliphatic rings. The molecule has 3 heteroatoms. The number of aromatic nitrogens is 1. The quantitative estimate of drug-likeness (QED) is 0.850. The molecule has 2 aromatic rings. The first-order valence-corrected chi connectivity index (χ1v) is 6.59. The van der Waals surface area contributed by atoms with Crippen LogP contribution in [0.5, 0.6) is 0 Å². The largest absolute Gasteiger partial charge is 0.358 e. The van der Waals surface area contributed by atoms with Gasteiger partial charge >= 0.3 is 0 Å². The van der Waals surface area contributed by atoms with Crippen molar-refractivity contribution in [3.63, 3.8) is 0 Å².